The first-order valence-corrected chi connectivity index (χ1v) is 9.12. The third-order valence-corrected chi connectivity index (χ3v) is 5.17. The molecule has 2 rings (SSSR count). The molecular formula is C16H17BrClN3OS. The lowest BCUT2D eigenvalue weighted by Crippen LogP contribution is -2.30. The molecule has 23 heavy (non-hydrogen) atoms. The van der Waals surface area contributed by atoms with E-state index in [-0.39, 0.29) is 5.91 Å². The Morgan fingerprint density at radius 3 is 2.78 bits per heavy atom. The normalized spacial score (nSPS) is 10.4. The highest BCUT2D eigenvalue weighted by molar-refractivity contribution is 9.10. The molecule has 1 amide bonds. The number of nitrogen functional groups attached to an aromatic ring is 1. The minimum Gasteiger partial charge on any atom is -0.398 e. The highest BCUT2D eigenvalue weighted by Crippen LogP contribution is 2.29. The van der Waals surface area contributed by atoms with Gasteiger partial charge in [0.2, 0.25) is 0 Å². The van der Waals surface area contributed by atoms with Crippen LogP contribution in [0, 0.1) is 6.92 Å². The number of thioether (sulfide) groups is 1. The predicted octanol–water partition coefficient (Wildman–Crippen LogP) is 4.86. The van der Waals surface area contributed by atoms with E-state index in [2.05, 4.69) is 33.7 Å². The van der Waals surface area contributed by atoms with Crippen molar-refractivity contribution >= 4 is 56.6 Å². The molecule has 4 N–H and O–H groups in total. The van der Waals surface area contributed by atoms with Crippen LogP contribution in [0.1, 0.15) is 22.8 Å². The highest BCUT2D eigenvalue weighted by atomic mass is 79.9. The van der Waals surface area contributed by atoms with Gasteiger partial charge in [0, 0.05) is 20.1 Å². The summed E-state index contributed by atoms with van der Waals surface area (Å²) in [4.78, 5) is 13.4. The van der Waals surface area contributed by atoms with Crippen molar-refractivity contribution in [3.05, 3.63) is 51.0 Å². The van der Waals surface area contributed by atoms with Crippen LogP contribution in [0.2, 0.25) is 5.02 Å². The van der Waals surface area contributed by atoms with E-state index < -0.39 is 0 Å². The highest BCUT2D eigenvalue weighted by Gasteiger charge is 2.12. The Labute approximate surface area is 153 Å². The first kappa shape index (κ1) is 18.0. The van der Waals surface area contributed by atoms with E-state index in [9.17, 15) is 4.79 Å². The number of carbonyl (C=O) groups is 1. The number of benzene rings is 2. The number of aryl methyl sites for hydroxylation is 1. The van der Waals surface area contributed by atoms with E-state index >= 15 is 0 Å². The first-order chi connectivity index (χ1) is 10.9. The van der Waals surface area contributed by atoms with Gasteiger partial charge in [-0.05, 0) is 48.6 Å². The molecule has 7 heteroatoms. The van der Waals surface area contributed by atoms with Crippen molar-refractivity contribution in [3.8, 4) is 0 Å². The van der Waals surface area contributed by atoms with Crippen molar-refractivity contribution in [1.82, 2.24) is 5.43 Å². The summed E-state index contributed by atoms with van der Waals surface area (Å²) in [6.07, 6.45) is 0. The molecule has 0 aromatic heterocycles. The molecule has 0 aliphatic heterocycles. The minimum atomic E-state index is -0.310. The van der Waals surface area contributed by atoms with Crippen LogP contribution >= 0.6 is 39.3 Å². The van der Waals surface area contributed by atoms with Crippen LogP contribution in [-0.2, 0) is 0 Å². The van der Waals surface area contributed by atoms with Gasteiger partial charge in [-0.15, -0.1) is 11.8 Å². The topological polar surface area (TPSA) is 67.1 Å². The van der Waals surface area contributed by atoms with Gasteiger partial charge in [-0.25, -0.2) is 0 Å². The third kappa shape index (κ3) is 4.56. The zero-order chi connectivity index (χ0) is 17.0. The second-order valence-corrected chi connectivity index (χ2v) is 7.44. The molecule has 2 aromatic carbocycles. The molecule has 0 bridgehead atoms. The van der Waals surface area contributed by atoms with Crippen LogP contribution in [0.5, 0.6) is 0 Å². The summed E-state index contributed by atoms with van der Waals surface area (Å²) in [5.41, 5.74) is 14.1. The maximum absolute atomic E-state index is 12.3. The largest absolute Gasteiger partial charge is 0.398 e. The summed E-state index contributed by atoms with van der Waals surface area (Å²) in [6.45, 7) is 3.98. The molecule has 0 atom stereocenters. The number of hydrogen-bond donors (Lipinski definition) is 3. The lowest BCUT2D eigenvalue weighted by Gasteiger charge is -2.14. The molecule has 0 aliphatic rings. The molecular weight excluding hydrogens is 398 g/mol. The molecule has 0 saturated heterocycles. The van der Waals surface area contributed by atoms with Gasteiger partial charge in [-0.1, -0.05) is 34.5 Å². The van der Waals surface area contributed by atoms with Crippen molar-refractivity contribution < 1.29 is 4.79 Å². The third-order valence-electron chi connectivity index (χ3n) is 3.13. The molecule has 0 unspecified atom stereocenters. The fraction of sp³-hybridized carbons (Fsp3) is 0.188. The molecule has 0 saturated carbocycles. The van der Waals surface area contributed by atoms with Crippen molar-refractivity contribution in [3.63, 3.8) is 0 Å². The summed E-state index contributed by atoms with van der Waals surface area (Å²) >= 11 is 11.1. The molecule has 2 aromatic rings. The lowest BCUT2D eigenvalue weighted by atomic mass is 10.1. The number of hydrogen-bond acceptors (Lipinski definition) is 4. The van der Waals surface area contributed by atoms with Gasteiger partial charge >= 0.3 is 0 Å². The second-order valence-electron chi connectivity index (χ2n) is 4.84. The maximum Gasteiger partial charge on any atom is 0.271 e. The molecule has 122 valence electrons. The Morgan fingerprint density at radius 2 is 2.09 bits per heavy atom. The predicted molar refractivity (Wildman–Crippen MR) is 102 cm³/mol. The zero-order valence-electron chi connectivity index (χ0n) is 12.7. The number of nitrogens with one attached hydrogen (secondary N) is 2. The summed E-state index contributed by atoms with van der Waals surface area (Å²) in [6, 6.07) is 8.98. The summed E-state index contributed by atoms with van der Waals surface area (Å²) in [5, 5.41) is 0.597. The second kappa shape index (κ2) is 7.95. The van der Waals surface area contributed by atoms with Crippen LogP contribution in [0.15, 0.2) is 39.7 Å². The molecule has 0 fully saturated rings. The van der Waals surface area contributed by atoms with Crippen LogP contribution in [0.4, 0.5) is 11.4 Å². The zero-order valence-corrected chi connectivity index (χ0v) is 15.9. The van der Waals surface area contributed by atoms with E-state index in [0.29, 0.717) is 16.3 Å². The summed E-state index contributed by atoms with van der Waals surface area (Å²) < 4.78 is 0.835. The van der Waals surface area contributed by atoms with Gasteiger partial charge in [0.05, 0.1) is 11.3 Å². The number of rotatable bonds is 5. The van der Waals surface area contributed by atoms with E-state index in [4.69, 9.17) is 17.3 Å². The Morgan fingerprint density at radius 1 is 1.35 bits per heavy atom. The fourth-order valence-electron chi connectivity index (χ4n) is 1.97. The number of amides is 1. The number of carbonyl (C=O) groups excluding carboxylic acids is 1. The van der Waals surface area contributed by atoms with Crippen molar-refractivity contribution in [1.29, 1.82) is 0 Å². The van der Waals surface area contributed by atoms with Gasteiger partial charge in [0.15, 0.2) is 0 Å². The van der Waals surface area contributed by atoms with Crippen molar-refractivity contribution in [2.24, 2.45) is 0 Å². The van der Waals surface area contributed by atoms with Gasteiger partial charge < -0.3 is 5.73 Å². The van der Waals surface area contributed by atoms with E-state index in [1.54, 1.807) is 30.0 Å². The van der Waals surface area contributed by atoms with Gasteiger partial charge in [-0.3, -0.25) is 15.6 Å². The average molecular weight is 415 g/mol. The average Bonchev–Trinajstić information content (AvgIpc) is 2.51. The number of anilines is 2. The van der Waals surface area contributed by atoms with Crippen LogP contribution in [0.3, 0.4) is 0 Å². The molecule has 0 spiro atoms. The van der Waals surface area contributed by atoms with E-state index in [1.165, 1.54) is 0 Å². The van der Waals surface area contributed by atoms with Gasteiger partial charge in [0.1, 0.15) is 0 Å². The van der Waals surface area contributed by atoms with Crippen LogP contribution in [-0.4, -0.2) is 11.7 Å². The number of hydrazine groups is 1. The van der Waals surface area contributed by atoms with E-state index in [0.717, 1.165) is 26.4 Å². The first-order valence-electron chi connectivity index (χ1n) is 6.96. The summed E-state index contributed by atoms with van der Waals surface area (Å²) in [5.74, 6) is 0.609. The van der Waals surface area contributed by atoms with Crippen LogP contribution in [0.25, 0.3) is 0 Å². The number of halogens is 2. The fourth-order valence-corrected chi connectivity index (χ4v) is 3.23. The van der Waals surface area contributed by atoms with Crippen LogP contribution < -0.4 is 16.6 Å². The quantitative estimate of drug-likeness (QED) is 0.371. The lowest BCUT2D eigenvalue weighted by molar-refractivity contribution is 0.0963. The van der Waals surface area contributed by atoms with Crippen molar-refractivity contribution in [2.75, 3.05) is 16.9 Å². The number of nitrogens with two attached hydrogens (primary N) is 1. The SMILES string of the molecule is CCSc1ccc(Cl)cc1NNC(=O)c1cc(Br)c(C)cc1N. The standard InChI is InChI=1S/C16H17BrClN3OS/c1-3-23-15-5-4-10(18)7-14(15)20-21-16(22)11-8-12(17)9(2)6-13(11)19/h4-8,20H,3,19H2,1-2H3,(H,21,22). The van der Waals surface area contributed by atoms with E-state index in [1.807, 2.05) is 19.1 Å². The maximum atomic E-state index is 12.3. The van der Waals surface area contributed by atoms with Crippen molar-refractivity contribution in [2.45, 2.75) is 18.7 Å². The Bertz CT molecular complexity index is 740. The Kier molecular flexibility index (Phi) is 6.21. The summed E-state index contributed by atoms with van der Waals surface area (Å²) in [7, 11) is 0. The smallest absolute Gasteiger partial charge is 0.271 e. The Hall–Kier alpha value is -1.37. The minimum absolute atomic E-state index is 0.310. The molecule has 4 nitrogen and oxygen atoms in total. The molecule has 0 heterocycles. The van der Waals surface area contributed by atoms with Gasteiger partial charge in [-0.2, -0.15) is 0 Å². The molecule has 0 aliphatic carbocycles. The molecule has 0 radical (unpaired) electrons. The van der Waals surface area contributed by atoms with Gasteiger partial charge in [0.25, 0.3) is 5.91 Å². The Balaban J connectivity index is 2.16. The monoisotopic (exact) mass is 413 g/mol.